The maximum Gasteiger partial charge on any atom is 0.133 e. The Balaban J connectivity index is 1.17. The Morgan fingerprint density at radius 3 is 2.57 bits per heavy atom. The zero-order valence-corrected chi connectivity index (χ0v) is 19.0. The zero-order valence-electron chi connectivity index (χ0n) is 19.0. The number of hydrogen-bond donors (Lipinski definition) is 0. The van der Waals surface area contributed by atoms with Gasteiger partial charge in [0.15, 0.2) is 0 Å². The third-order valence-electron chi connectivity index (χ3n) is 10.0. The fraction of sp³-hybridized carbons (Fsp3) is 0.750. The standard InChI is InChI=1S/C28H40O2/c1-19(29)26-12-13-27-25-11-9-22-16-21(18-30-17-20-6-4-3-5-7-20)8-10-23(22)24(25)14-15-28(26,27)2/h3-7,21-27H,8-18H2,1-2H3. The van der Waals surface area contributed by atoms with Crippen LogP contribution in [0.3, 0.4) is 0 Å². The smallest absolute Gasteiger partial charge is 0.133 e. The first-order valence-electron chi connectivity index (χ1n) is 12.7. The van der Waals surface area contributed by atoms with Gasteiger partial charge in [-0.25, -0.2) is 0 Å². The van der Waals surface area contributed by atoms with Crippen LogP contribution in [0, 0.1) is 46.8 Å². The Hall–Kier alpha value is -1.15. The van der Waals surface area contributed by atoms with Gasteiger partial charge in [0.05, 0.1) is 6.61 Å². The van der Waals surface area contributed by atoms with E-state index >= 15 is 0 Å². The van der Waals surface area contributed by atoms with Crippen molar-refractivity contribution in [3.63, 3.8) is 0 Å². The number of ketones is 1. The van der Waals surface area contributed by atoms with Crippen LogP contribution < -0.4 is 0 Å². The summed E-state index contributed by atoms with van der Waals surface area (Å²) in [5.41, 5.74) is 1.60. The lowest BCUT2D eigenvalue weighted by atomic mass is 9.49. The first-order chi connectivity index (χ1) is 14.6. The molecule has 4 aliphatic carbocycles. The Morgan fingerprint density at radius 2 is 1.77 bits per heavy atom. The molecule has 2 nitrogen and oxygen atoms in total. The molecule has 0 saturated heterocycles. The molecular formula is C28H40O2. The Bertz CT molecular complexity index is 742. The van der Waals surface area contributed by atoms with Crippen LogP contribution in [0.5, 0.6) is 0 Å². The van der Waals surface area contributed by atoms with Crippen molar-refractivity contribution in [1.82, 2.24) is 0 Å². The summed E-state index contributed by atoms with van der Waals surface area (Å²) in [6.45, 7) is 6.02. The molecule has 0 aliphatic heterocycles. The summed E-state index contributed by atoms with van der Waals surface area (Å²) < 4.78 is 6.12. The monoisotopic (exact) mass is 408 g/mol. The van der Waals surface area contributed by atoms with E-state index in [1.807, 2.05) is 6.92 Å². The van der Waals surface area contributed by atoms with Gasteiger partial charge in [0.2, 0.25) is 0 Å². The molecule has 4 saturated carbocycles. The highest BCUT2D eigenvalue weighted by atomic mass is 16.5. The van der Waals surface area contributed by atoms with E-state index in [-0.39, 0.29) is 0 Å². The average molecular weight is 409 g/mol. The highest BCUT2D eigenvalue weighted by molar-refractivity contribution is 5.79. The predicted molar refractivity (Wildman–Crippen MR) is 121 cm³/mol. The lowest BCUT2D eigenvalue weighted by molar-refractivity contribution is -0.128. The molecule has 0 heterocycles. The lowest BCUT2D eigenvalue weighted by Gasteiger charge is -2.56. The average Bonchev–Trinajstić information content (AvgIpc) is 3.12. The summed E-state index contributed by atoms with van der Waals surface area (Å²) in [4.78, 5) is 12.3. The van der Waals surface area contributed by atoms with Gasteiger partial charge in [0, 0.05) is 12.5 Å². The molecule has 8 atom stereocenters. The van der Waals surface area contributed by atoms with Gasteiger partial charge in [-0.1, -0.05) is 37.3 Å². The SMILES string of the molecule is CC(=O)C1CCC2C3CCC4CC(COCc5ccccc5)CCC4C3CCC12C. The second-order valence-corrected chi connectivity index (χ2v) is 11.4. The second kappa shape index (κ2) is 8.41. The summed E-state index contributed by atoms with van der Waals surface area (Å²) in [7, 11) is 0. The van der Waals surface area contributed by atoms with Crippen molar-refractivity contribution in [3.05, 3.63) is 35.9 Å². The molecule has 30 heavy (non-hydrogen) atoms. The molecule has 1 aromatic rings. The number of carbonyl (C=O) groups excluding carboxylic acids is 1. The first-order valence-corrected chi connectivity index (χ1v) is 12.7. The third-order valence-corrected chi connectivity index (χ3v) is 10.0. The topological polar surface area (TPSA) is 26.3 Å². The Labute approximate surface area is 183 Å². The largest absolute Gasteiger partial charge is 0.376 e. The number of ether oxygens (including phenoxy) is 1. The molecule has 0 spiro atoms. The van der Waals surface area contributed by atoms with E-state index in [2.05, 4.69) is 37.3 Å². The van der Waals surface area contributed by atoms with Gasteiger partial charge < -0.3 is 4.74 Å². The molecule has 0 aromatic heterocycles. The number of Topliss-reactive ketones (excluding diaryl/α,β-unsaturated/α-hetero) is 1. The van der Waals surface area contributed by atoms with E-state index in [9.17, 15) is 4.79 Å². The third kappa shape index (κ3) is 3.68. The van der Waals surface area contributed by atoms with Gasteiger partial charge in [-0.15, -0.1) is 0 Å². The van der Waals surface area contributed by atoms with Crippen LogP contribution in [-0.4, -0.2) is 12.4 Å². The van der Waals surface area contributed by atoms with Crippen molar-refractivity contribution < 1.29 is 9.53 Å². The van der Waals surface area contributed by atoms with Gasteiger partial charge in [-0.2, -0.15) is 0 Å². The maximum absolute atomic E-state index is 12.3. The number of benzene rings is 1. The quantitative estimate of drug-likeness (QED) is 0.543. The minimum absolute atomic E-state index is 0.308. The molecule has 164 valence electrons. The Kier molecular flexibility index (Phi) is 5.82. The van der Waals surface area contributed by atoms with Gasteiger partial charge in [-0.05, 0) is 111 Å². The van der Waals surface area contributed by atoms with Crippen LogP contribution in [0.4, 0.5) is 0 Å². The van der Waals surface area contributed by atoms with E-state index < -0.39 is 0 Å². The van der Waals surface area contributed by atoms with E-state index in [4.69, 9.17) is 4.74 Å². The summed E-state index contributed by atoms with van der Waals surface area (Å²) in [6.07, 6.45) is 12.2. The maximum atomic E-state index is 12.3. The Morgan fingerprint density at radius 1 is 0.967 bits per heavy atom. The lowest BCUT2D eigenvalue weighted by Crippen LogP contribution is -2.49. The molecule has 8 unspecified atom stereocenters. The fourth-order valence-corrected chi connectivity index (χ4v) is 8.69. The van der Waals surface area contributed by atoms with Crippen molar-refractivity contribution >= 4 is 5.78 Å². The van der Waals surface area contributed by atoms with Crippen LogP contribution in [0.25, 0.3) is 0 Å². The molecule has 0 amide bonds. The minimum atomic E-state index is 0.308. The van der Waals surface area contributed by atoms with Crippen molar-refractivity contribution in [1.29, 1.82) is 0 Å². The van der Waals surface area contributed by atoms with Crippen LogP contribution in [-0.2, 0) is 16.1 Å². The van der Waals surface area contributed by atoms with Crippen LogP contribution in [0.15, 0.2) is 30.3 Å². The van der Waals surface area contributed by atoms with E-state index in [1.54, 1.807) is 0 Å². The number of carbonyl (C=O) groups is 1. The van der Waals surface area contributed by atoms with Gasteiger partial charge in [0.1, 0.15) is 5.78 Å². The van der Waals surface area contributed by atoms with E-state index in [0.29, 0.717) is 17.1 Å². The molecule has 0 radical (unpaired) electrons. The highest BCUT2D eigenvalue weighted by Gasteiger charge is 2.57. The predicted octanol–water partition coefficient (Wildman–Crippen LogP) is 6.68. The number of rotatable bonds is 5. The van der Waals surface area contributed by atoms with Crippen molar-refractivity contribution in [2.24, 2.45) is 46.8 Å². The molecule has 5 rings (SSSR count). The molecule has 4 fully saturated rings. The van der Waals surface area contributed by atoms with Gasteiger partial charge in [0.25, 0.3) is 0 Å². The molecule has 0 bridgehead atoms. The second-order valence-electron chi connectivity index (χ2n) is 11.4. The molecule has 2 heteroatoms. The molecule has 4 aliphatic rings. The van der Waals surface area contributed by atoms with Crippen molar-refractivity contribution in [2.45, 2.75) is 78.2 Å². The zero-order chi connectivity index (χ0) is 20.7. The first kappa shape index (κ1) is 20.7. The van der Waals surface area contributed by atoms with Crippen LogP contribution in [0.2, 0.25) is 0 Å². The molecule has 0 N–H and O–H groups in total. The highest BCUT2D eigenvalue weighted by Crippen LogP contribution is 2.64. The summed E-state index contributed by atoms with van der Waals surface area (Å²) >= 11 is 0. The van der Waals surface area contributed by atoms with Crippen LogP contribution >= 0.6 is 0 Å². The number of fused-ring (bicyclic) bond motifs is 5. The van der Waals surface area contributed by atoms with Gasteiger partial charge >= 0.3 is 0 Å². The fourth-order valence-electron chi connectivity index (χ4n) is 8.69. The van der Waals surface area contributed by atoms with Crippen molar-refractivity contribution in [2.75, 3.05) is 6.61 Å². The molecular weight excluding hydrogens is 368 g/mol. The van der Waals surface area contributed by atoms with Crippen LogP contribution in [0.1, 0.15) is 77.2 Å². The summed E-state index contributed by atoms with van der Waals surface area (Å²) in [5, 5.41) is 0. The van der Waals surface area contributed by atoms with E-state index in [0.717, 1.165) is 55.1 Å². The van der Waals surface area contributed by atoms with E-state index in [1.165, 1.54) is 56.9 Å². The summed E-state index contributed by atoms with van der Waals surface area (Å²) in [6, 6.07) is 10.6. The molecule has 1 aromatic carbocycles. The van der Waals surface area contributed by atoms with Gasteiger partial charge in [-0.3, -0.25) is 4.79 Å². The summed E-state index contributed by atoms with van der Waals surface area (Å²) in [5.74, 6) is 6.11. The van der Waals surface area contributed by atoms with Crippen molar-refractivity contribution in [3.8, 4) is 0 Å². The number of hydrogen-bond acceptors (Lipinski definition) is 2. The minimum Gasteiger partial charge on any atom is -0.376 e. The normalized spacial score (nSPS) is 42.8.